The number of ketones is 1. The zero-order chi connectivity index (χ0) is 13.2. The first-order chi connectivity index (χ1) is 9.25. The average molecular weight is 315 g/mol. The van der Waals surface area contributed by atoms with E-state index in [0.717, 1.165) is 29.3 Å². The number of hydrogen-bond acceptors (Lipinski definition) is 1. The van der Waals surface area contributed by atoms with Crippen LogP contribution in [-0.4, -0.2) is 5.78 Å². The lowest BCUT2D eigenvalue weighted by Gasteiger charge is -2.24. The van der Waals surface area contributed by atoms with Gasteiger partial charge in [0.1, 0.15) is 0 Å². The molecule has 3 rings (SSSR count). The molecule has 0 unspecified atom stereocenters. The van der Waals surface area contributed by atoms with E-state index >= 15 is 0 Å². The van der Waals surface area contributed by atoms with Gasteiger partial charge in [-0.2, -0.15) is 0 Å². The number of hydrogen-bond donors (Lipinski definition) is 0. The number of carbonyl (C=O) groups excluding carboxylic acids is 1. The van der Waals surface area contributed by atoms with Crippen molar-refractivity contribution in [2.45, 2.75) is 19.3 Å². The van der Waals surface area contributed by atoms with Gasteiger partial charge in [0.2, 0.25) is 0 Å². The summed E-state index contributed by atoms with van der Waals surface area (Å²) in [5.41, 5.74) is 3.33. The molecule has 0 radical (unpaired) electrons. The molecule has 0 heterocycles. The molecule has 0 amide bonds. The predicted octanol–water partition coefficient (Wildman–Crippen LogP) is 4.44. The highest BCUT2D eigenvalue weighted by Crippen LogP contribution is 2.32. The van der Waals surface area contributed by atoms with E-state index in [1.54, 1.807) is 0 Å². The first-order valence-electron chi connectivity index (χ1n) is 6.61. The largest absolute Gasteiger partial charge is 0.294 e. The number of carbonyl (C=O) groups is 1. The van der Waals surface area contributed by atoms with Crippen LogP contribution < -0.4 is 0 Å². The summed E-state index contributed by atoms with van der Waals surface area (Å²) >= 11 is 3.54. The summed E-state index contributed by atoms with van der Waals surface area (Å²) in [6, 6.07) is 16.2. The Kier molecular flexibility index (Phi) is 3.52. The monoisotopic (exact) mass is 314 g/mol. The van der Waals surface area contributed by atoms with Crippen LogP contribution >= 0.6 is 15.9 Å². The molecule has 2 aromatic carbocycles. The minimum atomic E-state index is 0.129. The first kappa shape index (κ1) is 12.6. The summed E-state index contributed by atoms with van der Waals surface area (Å²) in [6.07, 6.45) is 2.79. The SMILES string of the molecule is O=C1c2cccc(Br)c2CC[C@@H]1Cc1ccccc1. The number of benzene rings is 2. The van der Waals surface area contributed by atoms with Crippen LogP contribution in [0.25, 0.3) is 0 Å². The van der Waals surface area contributed by atoms with E-state index in [9.17, 15) is 4.79 Å². The number of Topliss-reactive ketones (excluding diaryl/α,β-unsaturated/α-hetero) is 1. The van der Waals surface area contributed by atoms with Gasteiger partial charge in [0.25, 0.3) is 0 Å². The maximum atomic E-state index is 12.6. The van der Waals surface area contributed by atoms with E-state index in [-0.39, 0.29) is 5.92 Å². The van der Waals surface area contributed by atoms with E-state index in [1.807, 2.05) is 36.4 Å². The molecule has 0 aromatic heterocycles. The lowest BCUT2D eigenvalue weighted by Crippen LogP contribution is -2.24. The average Bonchev–Trinajstić information content (AvgIpc) is 2.44. The second kappa shape index (κ2) is 5.30. The molecular formula is C17H15BrO. The van der Waals surface area contributed by atoms with Crippen LogP contribution in [0, 0.1) is 5.92 Å². The molecule has 2 aromatic rings. The van der Waals surface area contributed by atoms with Crippen molar-refractivity contribution in [2.24, 2.45) is 5.92 Å². The summed E-state index contributed by atoms with van der Waals surface area (Å²) in [6.45, 7) is 0. The van der Waals surface area contributed by atoms with Crippen molar-refractivity contribution < 1.29 is 4.79 Å². The van der Waals surface area contributed by atoms with Gasteiger partial charge in [0, 0.05) is 16.0 Å². The number of rotatable bonds is 2. The highest BCUT2D eigenvalue weighted by atomic mass is 79.9. The molecule has 1 nitrogen and oxygen atoms in total. The van der Waals surface area contributed by atoms with Crippen molar-refractivity contribution in [1.82, 2.24) is 0 Å². The Hall–Kier alpha value is -1.41. The third kappa shape index (κ3) is 2.50. The van der Waals surface area contributed by atoms with Gasteiger partial charge in [-0.1, -0.05) is 58.4 Å². The van der Waals surface area contributed by atoms with Gasteiger partial charge in [-0.3, -0.25) is 4.79 Å². The van der Waals surface area contributed by atoms with Crippen LogP contribution in [0.4, 0.5) is 0 Å². The zero-order valence-electron chi connectivity index (χ0n) is 10.6. The minimum Gasteiger partial charge on any atom is -0.294 e. The highest BCUT2D eigenvalue weighted by Gasteiger charge is 2.28. The second-order valence-electron chi connectivity index (χ2n) is 5.06. The molecule has 0 fully saturated rings. The van der Waals surface area contributed by atoms with Crippen LogP contribution in [0.1, 0.15) is 27.9 Å². The van der Waals surface area contributed by atoms with Crippen LogP contribution in [0.2, 0.25) is 0 Å². The molecule has 1 aliphatic carbocycles. The summed E-state index contributed by atoms with van der Waals surface area (Å²) in [5, 5.41) is 0. The summed E-state index contributed by atoms with van der Waals surface area (Å²) in [5.74, 6) is 0.426. The van der Waals surface area contributed by atoms with Crippen molar-refractivity contribution in [1.29, 1.82) is 0 Å². The van der Waals surface area contributed by atoms with Gasteiger partial charge >= 0.3 is 0 Å². The maximum Gasteiger partial charge on any atom is 0.166 e. The van der Waals surface area contributed by atoms with Crippen molar-refractivity contribution in [3.05, 3.63) is 69.7 Å². The Morgan fingerprint density at radius 1 is 1.05 bits per heavy atom. The number of halogens is 1. The quantitative estimate of drug-likeness (QED) is 0.801. The van der Waals surface area contributed by atoms with E-state index in [0.29, 0.717) is 5.78 Å². The molecule has 0 aliphatic heterocycles. The molecule has 0 bridgehead atoms. The van der Waals surface area contributed by atoms with Crippen LogP contribution in [0.3, 0.4) is 0 Å². The lowest BCUT2D eigenvalue weighted by atomic mass is 9.80. The van der Waals surface area contributed by atoms with Crippen molar-refractivity contribution in [3.8, 4) is 0 Å². The number of fused-ring (bicyclic) bond motifs is 1. The molecule has 0 N–H and O–H groups in total. The standard InChI is InChI=1S/C17H15BrO/c18-16-8-4-7-15-14(16)10-9-13(17(15)19)11-12-5-2-1-3-6-12/h1-8,13H,9-11H2/t13-/m1/s1. The third-order valence-electron chi connectivity index (χ3n) is 3.82. The van der Waals surface area contributed by atoms with Crippen LogP contribution in [0.15, 0.2) is 53.0 Å². The Morgan fingerprint density at radius 2 is 1.84 bits per heavy atom. The van der Waals surface area contributed by atoms with Gasteiger partial charge in [-0.05, 0) is 36.5 Å². The summed E-state index contributed by atoms with van der Waals surface area (Å²) in [7, 11) is 0. The molecule has 0 saturated heterocycles. The fraction of sp³-hybridized carbons (Fsp3) is 0.235. The molecule has 1 atom stereocenters. The predicted molar refractivity (Wildman–Crippen MR) is 80.4 cm³/mol. The van der Waals surface area contributed by atoms with Crippen molar-refractivity contribution in [3.63, 3.8) is 0 Å². The van der Waals surface area contributed by atoms with Gasteiger partial charge in [-0.15, -0.1) is 0 Å². The van der Waals surface area contributed by atoms with Gasteiger partial charge in [0.05, 0.1) is 0 Å². The third-order valence-corrected chi connectivity index (χ3v) is 4.57. The molecular weight excluding hydrogens is 300 g/mol. The van der Waals surface area contributed by atoms with Crippen LogP contribution in [0.5, 0.6) is 0 Å². The van der Waals surface area contributed by atoms with E-state index < -0.39 is 0 Å². The minimum absolute atomic E-state index is 0.129. The summed E-state index contributed by atoms with van der Waals surface area (Å²) in [4.78, 5) is 12.6. The second-order valence-corrected chi connectivity index (χ2v) is 5.91. The molecule has 1 aliphatic rings. The van der Waals surface area contributed by atoms with Crippen molar-refractivity contribution >= 4 is 21.7 Å². The Morgan fingerprint density at radius 3 is 2.63 bits per heavy atom. The molecule has 0 saturated carbocycles. The molecule has 2 heteroatoms. The fourth-order valence-electron chi connectivity index (χ4n) is 2.81. The zero-order valence-corrected chi connectivity index (χ0v) is 12.2. The van der Waals surface area contributed by atoms with E-state index in [4.69, 9.17) is 0 Å². The summed E-state index contributed by atoms with van der Waals surface area (Å²) < 4.78 is 1.07. The Labute approximate surface area is 121 Å². The topological polar surface area (TPSA) is 17.1 Å². The van der Waals surface area contributed by atoms with Gasteiger partial charge in [0.15, 0.2) is 5.78 Å². The normalized spacial score (nSPS) is 18.2. The van der Waals surface area contributed by atoms with E-state index in [1.165, 1.54) is 11.1 Å². The smallest absolute Gasteiger partial charge is 0.166 e. The van der Waals surface area contributed by atoms with Gasteiger partial charge in [-0.25, -0.2) is 0 Å². The molecule has 96 valence electrons. The Balaban J connectivity index is 1.86. The van der Waals surface area contributed by atoms with E-state index in [2.05, 4.69) is 28.1 Å². The van der Waals surface area contributed by atoms with Crippen LogP contribution in [-0.2, 0) is 12.8 Å². The maximum absolute atomic E-state index is 12.6. The lowest BCUT2D eigenvalue weighted by molar-refractivity contribution is 0.0901. The first-order valence-corrected chi connectivity index (χ1v) is 7.40. The fourth-order valence-corrected chi connectivity index (χ4v) is 3.37. The highest BCUT2D eigenvalue weighted by molar-refractivity contribution is 9.10. The molecule has 0 spiro atoms. The Bertz CT molecular complexity index is 604. The van der Waals surface area contributed by atoms with Crippen molar-refractivity contribution in [2.75, 3.05) is 0 Å². The molecule has 19 heavy (non-hydrogen) atoms. The van der Waals surface area contributed by atoms with Gasteiger partial charge < -0.3 is 0 Å².